The Morgan fingerprint density at radius 2 is 1.72 bits per heavy atom. The molecule has 3 aromatic carbocycles. The maximum absolute atomic E-state index is 12.2. The lowest BCUT2D eigenvalue weighted by Gasteiger charge is -2.13. The molecule has 3 aromatic rings. The van der Waals surface area contributed by atoms with Crippen molar-refractivity contribution in [2.45, 2.75) is 6.61 Å². The third-order valence-electron chi connectivity index (χ3n) is 4.04. The van der Waals surface area contributed by atoms with E-state index in [1.807, 2.05) is 66.7 Å². The van der Waals surface area contributed by atoms with Gasteiger partial charge in [-0.2, -0.15) is 0 Å². The Kier molecular flexibility index (Phi) is 7.49. The number of carbonyl (C=O) groups is 1. The van der Waals surface area contributed by atoms with Crippen LogP contribution in [-0.4, -0.2) is 13.0 Å². The lowest BCUT2D eigenvalue weighted by Crippen LogP contribution is -2.08. The van der Waals surface area contributed by atoms with E-state index in [4.69, 9.17) is 9.47 Å². The molecule has 6 heteroatoms. The Morgan fingerprint density at radius 1 is 1.00 bits per heavy atom. The molecule has 0 heterocycles. The van der Waals surface area contributed by atoms with Crippen LogP contribution in [0.1, 0.15) is 11.1 Å². The summed E-state index contributed by atoms with van der Waals surface area (Å²) in [6.07, 6.45) is 3.20. The maximum Gasteiger partial charge on any atom is 0.248 e. The molecular formula is C23H19Br2NO3. The first-order valence-corrected chi connectivity index (χ1v) is 10.4. The van der Waals surface area contributed by atoms with Crippen LogP contribution in [0, 0.1) is 0 Å². The monoisotopic (exact) mass is 515 g/mol. The van der Waals surface area contributed by atoms with Gasteiger partial charge in [0.2, 0.25) is 5.91 Å². The highest BCUT2D eigenvalue weighted by molar-refractivity contribution is 9.11. The number of para-hydroxylation sites is 1. The van der Waals surface area contributed by atoms with Crippen molar-refractivity contribution in [2.24, 2.45) is 0 Å². The van der Waals surface area contributed by atoms with E-state index in [1.54, 1.807) is 13.2 Å². The summed E-state index contributed by atoms with van der Waals surface area (Å²) in [6, 6.07) is 21.1. The van der Waals surface area contributed by atoms with Gasteiger partial charge in [0.1, 0.15) is 6.61 Å². The molecule has 3 rings (SSSR count). The average molecular weight is 517 g/mol. The summed E-state index contributed by atoms with van der Waals surface area (Å²) < 4.78 is 13.0. The van der Waals surface area contributed by atoms with Crippen LogP contribution in [0.5, 0.6) is 11.5 Å². The minimum atomic E-state index is -0.226. The minimum Gasteiger partial charge on any atom is -0.493 e. The van der Waals surface area contributed by atoms with Gasteiger partial charge in [-0.25, -0.2) is 0 Å². The van der Waals surface area contributed by atoms with Crippen LogP contribution in [0.4, 0.5) is 5.69 Å². The molecule has 4 nitrogen and oxygen atoms in total. The first kappa shape index (κ1) is 21.1. The second kappa shape index (κ2) is 10.3. The Labute approximate surface area is 186 Å². The predicted molar refractivity (Wildman–Crippen MR) is 123 cm³/mol. The molecule has 0 aliphatic carbocycles. The van der Waals surface area contributed by atoms with Crippen molar-refractivity contribution < 1.29 is 14.3 Å². The van der Waals surface area contributed by atoms with Gasteiger partial charge >= 0.3 is 0 Å². The number of carbonyl (C=O) groups excluding carboxylic acids is 1. The number of rotatable bonds is 7. The summed E-state index contributed by atoms with van der Waals surface area (Å²) in [7, 11) is 1.59. The van der Waals surface area contributed by atoms with Crippen LogP contribution in [0.2, 0.25) is 0 Å². The van der Waals surface area contributed by atoms with Gasteiger partial charge in [0.05, 0.1) is 17.3 Å². The zero-order valence-electron chi connectivity index (χ0n) is 15.7. The van der Waals surface area contributed by atoms with E-state index >= 15 is 0 Å². The van der Waals surface area contributed by atoms with Gasteiger partial charge in [0, 0.05) is 10.5 Å². The molecule has 148 valence electrons. The van der Waals surface area contributed by atoms with Crippen molar-refractivity contribution in [3.05, 3.63) is 92.9 Å². The van der Waals surface area contributed by atoms with Crippen molar-refractivity contribution in [3.63, 3.8) is 0 Å². The zero-order valence-corrected chi connectivity index (χ0v) is 18.9. The van der Waals surface area contributed by atoms with Crippen molar-refractivity contribution >= 4 is 49.5 Å². The summed E-state index contributed by atoms with van der Waals surface area (Å²) in [4.78, 5) is 12.2. The van der Waals surface area contributed by atoms with Crippen LogP contribution < -0.4 is 14.8 Å². The lowest BCUT2D eigenvalue weighted by molar-refractivity contribution is -0.111. The van der Waals surface area contributed by atoms with Gasteiger partial charge in [-0.3, -0.25) is 4.79 Å². The second-order valence-corrected chi connectivity index (χ2v) is 7.82. The molecule has 0 fully saturated rings. The van der Waals surface area contributed by atoms with Gasteiger partial charge in [-0.15, -0.1) is 0 Å². The standard InChI is InChI=1S/C23H19Br2NO3/c1-28-21-14-17(11-12-22(27)26-20-10-6-5-9-18(20)24)13-19(25)23(21)29-15-16-7-3-2-4-8-16/h2-14H,15H2,1H3,(H,26,27)/b12-11+. The van der Waals surface area contributed by atoms with E-state index in [-0.39, 0.29) is 5.91 Å². The Balaban J connectivity index is 1.71. The highest BCUT2D eigenvalue weighted by atomic mass is 79.9. The zero-order chi connectivity index (χ0) is 20.6. The van der Waals surface area contributed by atoms with Crippen molar-refractivity contribution in [2.75, 3.05) is 12.4 Å². The average Bonchev–Trinajstić information content (AvgIpc) is 2.73. The smallest absolute Gasteiger partial charge is 0.248 e. The maximum atomic E-state index is 12.2. The third-order valence-corrected chi connectivity index (χ3v) is 5.32. The molecule has 29 heavy (non-hydrogen) atoms. The Morgan fingerprint density at radius 3 is 2.45 bits per heavy atom. The van der Waals surface area contributed by atoms with Gasteiger partial charge in [0.25, 0.3) is 0 Å². The third kappa shape index (κ3) is 5.95. The molecule has 0 saturated carbocycles. The fourth-order valence-corrected chi connectivity index (χ4v) is 3.57. The van der Waals surface area contributed by atoms with Crippen LogP contribution in [-0.2, 0) is 11.4 Å². The number of anilines is 1. The van der Waals surface area contributed by atoms with Crippen molar-refractivity contribution in [1.82, 2.24) is 0 Å². The number of amides is 1. The first-order chi connectivity index (χ1) is 14.1. The van der Waals surface area contributed by atoms with E-state index in [0.717, 1.165) is 20.1 Å². The van der Waals surface area contributed by atoms with Crippen LogP contribution in [0.3, 0.4) is 0 Å². The number of methoxy groups -OCH3 is 1. The van der Waals surface area contributed by atoms with E-state index < -0.39 is 0 Å². The normalized spacial score (nSPS) is 10.7. The molecule has 0 saturated heterocycles. The summed E-state index contributed by atoms with van der Waals surface area (Å²) in [5.74, 6) is 0.976. The lowest BCUT2D eigenvalue weighted by atomic mass is 10.2. The number of benzene rings is 3. The van der Waals surface area contributed by atoms with Crippen LogP contribution >= 0.6 is 31.9 Å². The fraction of sp³-hybridized carbons (Fsp3) is 0.0870. The van der Waals surface area contributed by atoms with Crippen LogP contribution in [0.25, 0.3) is 6.08 Å². The van der Waals surface area contributed by atoms with E-state index in [1.165, 1.54) is 6.08 Å². The van der Waals surface area contributed by atoms with Gasteiger partial charge < -0.3 is 14.8 Å². The molecule has 0 aromatic heterocycles. The van der Waals surface area contributed by atoms with E-state index in [9.17, 15) is 4.79 Å². The quantitative estimate of drug-likeness (QED) is 0.367. The molecule has 0 unspecified atom stereocenters. The number of nitrogens with one attached hydrogen (secondary N) is 1. The van der Waals surface area contributed by atoms with Gasteiger partial charge in [-0.1, -0.05) is 42.5 Å². The molecule has 0 radical (unpaired) electrons. The molecule has 0 bridgehead atoms. The number of halogens is 2. The SMILES string of the molecule is COc1cc(/C=C/C(=O)Nc2ccccc2Br)cc(Br)c1OCc1ccccc1. The minimum absolute atomic E-state index is 0.226. The predicted octanol–water partition coefficient (Wildman–Crippen LogP) is 6.45. The molecule has 0 aliphatic rings. The summed E-state index contributed by atoms with van der Waals surface area (Å²) in [6.45, 7) is 0.430. The Bertz CT molecular complexity index is 1020. The largest absolute Gasteiger partial charge is 0.493 e. The molecule has 1 N–H and O–H groups in total. The number of ether oxygens (including phenoxy) is 2. The highest BCUT2D eigenvalue weighted by Gasteiger charge is 2.11. The first-order valence-electron chi connectivity index (χ1n) is 8.84. The molecule has 0 atom stereocenters. The highest BCUT2D eigenvalue weighted by Crippen LogP contribution is 2.37. The Hall–Kier alpha value is -2.57. The fourth-order valence-electron chi connectivity index (χ4n) is 2.61. The molecule has 0 spiro atoms. The van der Waals surface area contributed by atoms with E-state index in [2.05, 4.69) is 37.2 Å². The summed E-state index contributed by atoms with van der Waals surface area (Å²) in [5.41, 5.74) is 2.59. The van der Waals surface area contributed by atoms with Crippen molar-refractivity contribution in [1.29, 1.82) is 0 Å². The number of hydrogen-bond acceptors (Lipinski definition) is 3. The summed E-state index contributed by atoms with van der Waals surface area (Å²) >= 11 is 6.95. The van der Waals surface area contributed by atoms with Gasteiger partial charge in [0.15, 0.2) is 11.5 Å². The second-order valence-electron chi connectivity index (χ2n) is 6.11. The topological polar surface area (TPSA) is 47.6 Å². The molecular weight excluding hydrogens is 498 g/mol. The van der Waals surface area contributed by atoms with Crippen molar-refractivity contribution in [3.8, 4) is 11.5 Å². The summed E-state index contributed by atoms with van der Waals surface area (Å²) in [5, 5.41) is 2.83. The van der Waals surface area contributed by atoms with Crippen LogP contribution in [0.15, 0.2) is 81.8 Å². The number of hydrogen-bond donors (Lipinski definition) is 1. The molecule has 0 aliphatic heterocycles. The van der Waals surface area contributed by atoms with E-state index in [0.29, 0.717) is 23.8 Å². The molecule has 1 amide bonds. The van der Waals surface area contributed by atoms with Gasteiger partial charge in [-0.05, 0) is 73.3 Å².